The number of rotatable bonds is 4. The van der Waals surface area contributed by atoms with Gasteiger partial charge in [-0.2, -0.15) is 10.2 Å². The monoisotopic (exact) mass is 457 g/mol. The highest BCUT2D eigenvalue weighted by molar-refractivity contribution is 9.10. The van der Waals surface area contributed by atoms with Crippen LogP contribution in [0, 0.1) is 0 Å². The lowest BCUT2D eigenvalue weighted by Gasteiger charge is -1.96. The fourth-order valence-corrected chi connectivity index (χ4v) is 1.98. The van der Waals surface area contributed by atoms with Crippen molar-refractivity contribution in [2.75, 3.05) is 0 Å². The van der Waals surface area contributed by atoms with Gasteiger partial charge in [0, 0.05) is 8.95 Å². The topological polar surface area (TPSA) is 75.1 Å². The fourth-order valence-electron chi connectivity index (χ4n) is 1.45. The second-order valence-corrected chi connectivity index (χ2v) is 6.03. The number of halogens is 3. The molecule has 0 aliphatic rings. The fraction of sp³-hybridized carbons (Fsp3) is 0. The molecule has 23 heavy (non-hydrogen) atoms. The SMILES string of the molecule is Cl.NC(=N/N=C/c1ccc(Br)cc1)N/N=C/c1ccc(Br)cc1. The molecular formula is C15H14Br2ClN5. The van der Waals surface area contributed by atoms with E-state index < -0.39 is 0 Å². The molecule has 0 bridgehead atoms. The number of hydrogen-bond acceptors (Lipinski definition) is 3. The lowest BCUT2D eigenvalue weighted by Crippen LogP contribution is -2.26. The van der Waals surface area contributed by atoms with Gasteiger partial charge in [-0.25, -0.2) is 5.43 Å². The summed E-state index contributed by atoms with van der Waals surface area (Å²) in [6.45, 7) is 0. The minimum atomic E-state index is 0. The number of hydrogen-bond donors (Lipinski definition) is 2. The van der Waals surface area contributed by atoms with Crippen LogP contribution >= 0.6 is 44.3 Å². The standard InChI is InChI=1S/C15H13Br2N5.ClH/c16-13-5-1-11(2-6-13)9-19-21-15(18)22-20-10-12-3-7-14(17)8-4-12;/h1-10H,(H3,18,21,22);1H/b19-9+,20-10+;. The van der Waals surface area contributed by atoms with Gasteiger partial charge in [0.05, 0.1) is 12.4 Å². The van der Waals surface area contributed by atoms with Crippen LogP contribution in [0.5, 0.6) is 0 Å². The number of nitrogens with one attached hydrogen (secondary N) is 1. The Morgan fingerprint density at radius 1 is 0.870 bits per heavy atom. The maximum absolute atomic E-state index is 5.65. The molecule has 0 heterocycles. The average molecular weight is 460 g/mol. The van der Waals surface area contributed by atoms with Crippen LogP contribution in [-0.4, -0.2) is 18.4 Å². The Labute approximate surface area is 157 Å². The first-order valence-corrected chi connectivity index (χ1v) is 7.89. The Morgan fingerprint density at radius 3 is 1.87 bits per heavy atom. The maximum atomic E-state index is 5.65. The van der Waals surface area contributed by atoms with Gasteiger partial charge in [-0.3, -0.25) is 0 Å². The number of benzene rings is 2. The van der Waals surface area contributed by atoms with Crippen molar-refractivity contribution in [1.82, 2.24) is 5.43 Å². The second kappa shape index (κ2) is 10.1. The summed E-state index contributed by atoms with van der Waals surface area (Å²) in [6, 6.07) is 15.4. The third-order valence-corrected chi connectivity index (χ3v) is 3.56. The van der Waals surface area contributed by atoms with E-state index in [9.17, 15) is 0 Å². The Bertz CT molecular complexity index is 697. The van der Waals surface area contributed by atoms with Gasteiger partial charge in [-0.15, -0.1) is 17.5 Å². The summed E-state index contributed by atoms with van der Waals surface area (Å²) in [4.78, 5) is 0. The van der Waals surface area contributed by atoms with Crippen molar-refractivity contribution in [3.05, 3.63) is 68.6 Å². The van der Waals surface area contributed by atoms with E-state index >= 15 is 0 Å². The molecule has 0 amide bonds. The van der Waals surface area contributed by atoms with E-state index in [0.29, 0.717) is 0 Å². The molecule has 3 N–H and O–H groups in total. The molecule has 0 saturated heterocycles. The Hall–Kier alpha value is -1.70. The Morgan fingerprint density at radius 2 is 1.35 bits per heavy atom. The molecule has 0 aliphatic carbocycles. The highest BCUT2D eigenvalue weighted by Gasteiger charge is 1.90. The smallest absolute Gasteiger partial charge is 0.234 e. The summed E-state index contributed by atoms with van der Waals surface area (Å²) >= 11 is 6.74. The number of guanidine groups is 1. The van der Waals surface area contributed by atoms with Crippen LogP contribution in [0.4, 0.5) is 0 Å². The molecule has 5 nitrogen and oxygen atoms in total. The molecular weight excluding hydrogens is 445 g/mol. The summed E-state index contributed by atoms with van der Waals surface area (Å²) in [5, 5.41) is 11.7. The predicted molar refractivity (Wildman–Crippen MR) is 105 cm³/mol. The molecule has 0 fully saturated rings. The van der Waals surface area contributed by atoms with Gasteiger partial charge in [0.1, 0.15) is 0 Å². The van der Waals surface area contributed by atoms with E-state index in [4.69, 9.17) is 5.73 Å². The quantitative estimate of drug-likeness (QED) is 0.413. The van der Waals surface area contributed by atoms with Gasteiger partial charge in [0.25, 0.3) is 0 Å². The minimum absolute atomic E-state index is 0. The average Bonchev–Trinajstić information content (AvgIpc) is 2.51. The van der Waals surface area contributed by atoms with E-state index in [0.717, 1.165) is 20.1 Å². The summed E-state index contributed by atoms with van der Waals surface area (Å²) in [5.41, 5.74) is 10.1. The van der Waals surface area contributed by atoms with Crippen LogP contribution < -0.4 is 11.2 Å². The number of hydrazone groups is 1. The third kappa shape index (κ3) is 7.40. The first kappa shape index (κ1) is 19.3. The van der Waals surface area contributed by atoms with Crippen molar-refractivity contribution >= 4 is 62.7 Å². The van der Waals surface area contributed by atoms with Gasteiger partial charge < -0.3 is 5.73 Å². The zero-order chi connectivity index (χ0) is 15.8. The van der Waals surface area contributed by atoms with Gasteiger partial charge in [0.15, 0.2) is 0 Å². The summed E-state index contributed by atoms with van der Waals surface area (Å²) in [7, 11) is 0. The highest BCUT2D eigenvalue weighted by atomic mass is 79.9. The molecule has 0 unspecified atom stereocenters. The molecule has 2 aromatic rings. The molecule has 120 valence electrons. The molecule has 0 atom stereocenters. The molecule has 0 aromatic heterocycles. The highest BCUT2D eigenvalue weighted by Crippen LogP contribution is 2.09. The zero-order valence-electron chi connectivity index (χ0n) is 11.9. The predicted octanol–water partition coefficient (Wildman–Crippen LogP) is 3.91. The largest absolute Gasteiger partial charge is 0.367 e. The molecule has 0 saturated carbocycles. The second-order valence-electron chi connectivity index (χ2n) is 4.20. The van der Waals surface area contributed by atoms with Gasteiger partial charge in [-0.05, 0) is 35.4 Å². The summed E-state index contributed by atoms with van der Waals surface area (Å²) in [5.74, 6) is 0.113. The normalized spacial score (nSPS) is 11.7. The molecule has 8 heteroatoms. The van der Waals surface area contributed by atoms with Crippen molar-refractivity contribution in [2.45, 2.75) is 0 Å². The lowest BCUT2D eigenvalue weighted by atomic mass is 10.2. The third-order valence-electron chi connectivity index (χ3n) is 2.51. The molecule has 0 radical (unpaired) electrons. The lowest BCUT2D eigenvalue weighted by molar-refractivity contribution is 0.994. The van der Waals surface area contributed by atoms with Crippen LogP contribution in [0.15, 0.2) is 72.8 Å². The van der Waals surface area contributed by atoms with E-state index in [1.54, 1.807) is 12.4 Å². The summed E-state index contributed by atoms with van der Waals surface area (Å²) < 4.78 is 2.03. The van der Waals surface area contributed by atoms with Crippen LogP contribution in [0.1, 0.15) is 11.1 Å². The van der Waals surface area contributed by atoms with Crippen LogP contribution in [0.2, 0.25) is 0 Å². The molecule has 2 rings (SSSR count). The van der Waals surface area contributed by atoms with Gasteiger partial charge in [0.2, 0.25) is 5.96 Å². The van der Waals surface area contributed by atoms with Crippen molar-refractivity contribution in [2.24, 2.45) is 21.0 Å². The number of nitrogens with two attached hydrogens (primary N) is 1. The van der Waals surface area contributed by atoms with E-state index in [1.165, 1.54) is 0 Å². The van der Waals surface area contributed by atoms with Crippen LogP contribution in [0.3, 0.4) is 0 Å². The van der Waals surface area contributed by atoms with E-state index in [1.807, 2.05) is 48.5 Å². The van der Waals surface area contributed by atoms with Crippen LogP contribution in [0.25, 0.3) is 0 Å². The van der Waals surface area contributed by atoms with E-state index in [-0.39, 0.29) is 18.4 Å². The van der Waals surface area contributed by atoms with Crippen molar-refractivity contribution in [3.63, 3.8) is 0 Å². The Kier molecular flexibility index (Phi) is 8.53. The first-order valence-electron chi connectivity index (χ1n) is 6.30. The zero-order valence-corrected chi connectivity index (χ0v) is 15.8. The van der Waals surface area contributed by atoms with Gasteiger partial charge >= 0.3 is 0 Å². The Balaban J connectivity index is 0.00000264. The number of nitrogens with zero attached hydrogens (tertiary/aromatic N) is 3. The van der Waals surface area contributed by atoms with Crippen molar-refractivity contribution < 1.29 is 0 Å². The summed E-state index contributed by atoms with van der Waals surface area (Å²) in [6.07, 6.45) is 3.26. The minimum Gasteiger partial charge on any atom is -0.367 e. The maximum Gasteiger partial charge on any atom is 0.234 e. The molecule has 0 spiro atoms. The molecule has 2 aromatic carbocycles. The van der Waals surface area contributed by atoms with Crippen molar-refractivity contribution in [3.8, 4) is 0 Å². The molecule has 0 aliphatic heterocycles. The van der Waals surface area contributed by atoms with E-state index in [2.05, 4.69) is 52.6 Å². The van der Waals surface area contributed by atoms with Gasteiger partial charge in [-0.1, -0.05) is 56.1 Å². The first-order chi connectivity index (χ1) is 10.6. The van der Waals surface area contributed by atoms with Crippen LogP contribution in [-0.2, 0) is 0 Å². The van der Waals surface area contributed by atoms with Crippen molar-refractivity contribution in [1.29, 1.82) is 0 Å².